The van der Waals surface area contributed by atoms with E-state index in [0.717, 1.165) is 47.0 Å². The van der Waals surface area contributed by atoms with Crippen LogP contribution in [0.25, 0.3) is 10.2 Å². The molecule has 1 aliphatic heterocycles. The SMILES string of the molecule is O=C(CC1CCN(Cc2ccc(Cl)c(Cl)c2)CC1)Sc1nc2ccccc2s1. The van der Waals surface area contributed by atoms with Gasteiger partial charge in [0.25, 0.3) is 0 Å². The average molecular weight is 451 g/mol. The smallest absolute Gasteiger partial charge is 0.196 e. The highest BCUT2D eigenvalue weighted by molar-refractivity contribution is 8.15. The molecular weight excluding hydrogens is 431 g/mol. The molecule has 0 amide bonds. The Balaban J connectivity index is 1.25. The van der Waals surface area contributed by atoms with E-state index in [0.29, 0.717) is 22.4 Å². The van der Waals surface area contributed by atoms with Gasteiger partial charge in [0, 0.05) is 13.0 Å². The van der Waals surface area contributed by atoms with Gasteiger partial charge in [0.15, 0.2) is 9.45 Å². The molecule has 28 heavy (non-hydrogen) atoms. The minimum absolute atomic E-state index is 0.224. The molecule has 4 rings (SSSR count). The van der Waals surface area contributed by atoms with Gasteiger partial charge in [0.05, 0.1) is 20.3 Å². The zero-order valence-corrected chi connectivity index (χ0v) is 18.4. The lowest BCUT2D eigenvalue weighted by atomic mass is 9.94. The number of rotatable bonds is 5. The number of nitrogens with zero attached hydrogens (tertiary/aromatic N) is 2. The van der Waals surface area contributed by atoms with Gasteiger partial charge >= 0.3 is 0 Å². The Morgan fingerprint density at radius 1 is 1.14 bits per heavy atom. The number of fused-ring (bicyclic) bond motifs is 1. The molecule has 0 spiro atoms. The van der Waals surface area contributed by atoms with Gasteiger partial charge in [-0.3, -0.25) is 9.69 Å². The predicted octanol–water partition coefficient (Wildman–Crippen LogP) is 6.52. The van der Waals surface area contributed by atoms with Crippen LogP contribution in [0.3, 0.4) is 0 Å². The number of halogens is 2. The van der Waals surface area contributed by atoms with Crippen LogP contribution in [-0.4, -0.2) is 28.1 Å². The maximum atomic E-state index is 12.5. The Morgan fingerprint density at radius 2 is 1.93 bits per heavy atom. The number of carbonyl (C=O) groups is 1. The number of carbonyl (C=O) groups excluding carboxylic acids is 1. The van der Waals surface area contributed by atoms with Gasteiger partial charge in [-0.25, -0.2) is 4.98 Å². The van der Waals surface area contributed by atoms with Crippen molar-refractivity contribution in [1.82, 2.24) is 9.88 Å². The number of para-hydroxylation sites is 1. The molecular formula is C21H20Cl2N2OS2. The molecule has 0 radical (unpaired) electrons. The van der Waals surface area contributed by atoms with E-state index in [1.807, 2.05) is 42.5 Å². The van der Waals surface area contributed by atoms with Crippen LogP contribution in [-0.2, 0) is 11.3 Å². The number of benzene rings is 2. The first-order valence-electron chi connectivity index (χ1n) is 9.29. The molecule has 1 aromatic heterocycles. The lowest BCUT2D eigenvalue weighted by Crippen LogP contribution is -2.33. The topological polar surface area (TPSA) is 33.2 Å². The number of aromatic nitrogens is 1. The number of piperidine rings is 1. The van der Waals surface area contributed by atoms with E-state index in [2.05, 4.69) is 9.88 Å². The van der Waals surface area contributed by atoms with E-state index in [1.54, 1.807) is 11.3 Å². The number of hydrogen-bond donors (Lipinski definition) is 0. The summed E-state index contributed by atoms with van der Waals surface area (Å²) in [5.74, 6) is 0.458. The highest BCUT2D eigenvalue weighted by Gasteiger charge is 2.22. The van der Waals surface area contributed by atoms with Crippen molar-refractivity contribution in [3.63, 3.8) is 0 Å². The Morgan fingerprint density at radius 3 is 2.68 bits per heavy atom. The zero-order valence-electron chi connectivity index (χ0n) is 15.2. The molecule has 2 heterocycles. The van der Waals surface area contributed by atoms with Gasteiger partial charge in [-0.1, -0.05) is 41.4 Å². The van der Waals surface area contributed by atoms with E-state index in [4.69, 9.17) is 23.2 Å². The number of thioether (sulfide) groups is 1. The van der Waals surface area contributed by atoms with Gasteiger partial charge < -0.3 is 0 Å². The number of likely N-dealkylation sites (tertiary alicyclic amines) is 1. The van der Waals surface area contributed by atoms with Crippen LogP contribution in [0.4, 0.5) is 0 Å². The lowest BCUT2D eigenvalue weighted by Gasteiger charge is -2.31. The van der Waals surface area contributed by atoms with Crippen molar-refractivity contribution < 1.29 is 4.79 Å². The second kappa shape index (κ2) is 9.14. The minimum atomic E-state index is 0.224. The predicted molar refractivity (Wildman–Crippen MR) is 120 cm³/mol. The molecule has 7 heteroatoms. The van der Waals surface area contributed by atoms with E-state index < -0.39 is 0 Å². The standard InChI is InChI=1S/C21H20Cl2N2OS2/c22-16-6-5-15(11-17(16)23)13-25-9-7-14(8-10-25)12-20(26)28-21-24-18-3-1-2-4-19(18)27-21/h1-6,11,14H,7-10,12-13H2. The van der Waals surface area contributed by atoms with Crippen molar-refractivity contribution in [3.05, 3.63) is 58.1 Å². The highest BCUT2D eigenvalue weighted by Crippen LogP contribution is 2.32. The van der Waals surface area contributed by atoms with Gasteiger partial charge in [-0.2, -0.15) is 0 Å². The molecule has 3 nitrogen and oxygen atoms in total. The largest absolute Gasteiger partial charge is 0.299 e. The highest BCUT2D eigenvalue weighted by atomic mass is 35.5. The first kappa shape index (κ1) is 20.2. The van der Waals surface area contributed by atoms with E-state index in [1.165, 1.54) is 17.3 Å². The molecule has 0 N–H and O–H groups in total. The molecule has 0 atom stereocenters. The van der Waals surface area contributed by atoms with Gasteiger partial charge in [-0.05, 0) is 73.4 Å². The third kappa shape index (κ3) is 5.08. The summed E-state index contributed by atoms with van der Waals surface area (Å²) in [5, 5.41) is 1.42. The second-order valence-corrected chi connectivity index (χ2v) is 10.2. The Labute approximate surface area is 183 Å². The molecule has 0 unspecified atom stereocenters. The Kier molecular flexibility index (Phi) is 6.59. The third-order valence-electron chi connectivity index (χ3n) is 5.03. The van der Waals surface area contributed by atoms with Crippen molar-refractivity contribution >= 4 is 61.6 Å². The number of thiazole rings is 1. The lowest BCUT2D eigenvalue weighted by molar-refractivity contribution is -0.112. The monoisotopic (exact) mass is 450 g/mol. The molecule has 3 aromatic rings. The van der Waals surface area contributed by atoms with Crippen LogP contribution in [0.15, 0.2) is 46.8 Å². The fourth-order valence-electron chi connectivity index (χ4n) is 3.51. The fourth-order valence-corrected chi connectivity index (χ4v) is 5.90. The Hall–Kier alpha value is -1.11. The van der Waals surface area contributed by atoms with Gasteiger partial charge in [0.2, 0.25) is 0 Å². The van der Waals surface area contributed by atoms with E-state index in [-0.39, 0.29) is 5.12 Å². The maximum absolute atomic E-state index is 12.5. The normalized spacial score (nSPS) is 15.9. The molecule has 0 aliphatic carbocycles. The van der Waals surface area contributed by atoms with E-state index in [9.17, 15) is 4.79 Å². The van der Waals surface area contributed by atoms with Crippen molar-refractivity contribution in [2.45, 2.75) is 30.1 Å². The summed E-state index contributed by atoms with van der Waals surface area (Å²) < 4.78 is 1.98. The summed E-state index contributed by atoms with van der Waals surface area (Å²) in [4.78, 5) is 19.5. The minimum Gasteiger partial charge on any atom is -0.299 e. The van der Waals surface area contributed by atoms with Crippen molar-refractivity contribution in [2.24, 2.45) is 5.92 Å². The summed E-state index contributed by atoms with van der Waals surface area (Å²) in [7, 11) is 0. The van der Waals surface area contributed by atoms with Crippen LogP contribution < -0.4 is 0 Å². The summed E-state index contributed by atoms with van der Waals surface area (Å²) in [6.45, 7) is 2.88. The van der Waals surface area contributed by atoms with Crippen LogP contribution >= 0.6 is 46.3 Å². The van der Waals surface area contributed by atoms with Crippen molar-refractivity contribution in [3.8, 4) is 0 Å². The average Bonchev–Trinajstić information content (AvgIpc) is 3.08. The molecule has 0 saturated carbocycles. The molecule has 1 saturated heterocycles. The zero-order chi connectivity index (χ0) is 19.5. The first-order valence-corrected chi connectivity index (χ1v) is 11.7. The molecule has 2 aromatic carbocycles. The van der Waals surface area contributed by atoms with Gasteiger partial charge in [0.1, 0.15) is 0 Å². The molecule has 0 bridgehead atoms. The molecule has 146 valence electrons. The van der Waals surface area contributed by atoms with Crippen LogP contribution in [0.1, 0.15) is 24.8 Å². The summed E-state index contributed by atoms with van der Waals surface area (Å²) in [6, 6.07) is 13.8. The quantitative estimate of drug-likeness (QED) is 0.413. The Bertz CT molecular complexity index is 950. The third-order valence-corrected chi connectivity index (χ3v) is 7.76. The van der Waals surface area contributed by atoms with Gasteiger partial charge in [-0.15, -0.1) is 11.3 Å². The molecule has 1 aliphatic rings. The van der Waals surface area contributed by atoms with Crippen LogP contribution in [0.5, 0.6) is 0 Å². The molecule has 1 fully saturated rings. The second-order valence-electron chi connectivity index (χ2n) is 7.09. The van der Waals surface area contributed by atoms with Crippen molar-refractivity contribution in [2.75, 3.05) is 13.1 Å². The van der Waals surface area contributed by atoms with Crippen molar-refractivity contribution in [1.29, 1.82) is 0 Å². The van der Waals surface area contributed by atoms with Crippen LogP contribution in [0, 0.1) is 5.92 Å². The summed E-state index contributed by atoms with van der Waals surface area (Å²) in [6.07, 6.45) is 2.72. The summed E-state index contributed by atoms with van der Waals surface area (Å²) in [5.41, 5.74) is 2.15. The first-order chi connectivity index (χ1) is 13.6. The fraction of sp³-hybridized carbons (Fsp3) is 0.333. The van der Waals surface area contributed by atoms with E-state index >= 15 is 0 Å². The number of hydrogen-bond acceptors (Lipinski definition) is 5. The summed E-state index contributed by atoms with van der Waals surface area (Å²) >= 11 is 15.0. The van der Waals surface area contributed by atoms with Crippen LogP contribution in [0.2, 0.25) is 10.0 Å². The maximum Gasteiger partial charge on any atom is 0.196 e.